The lowest BCUT2D eigenvalue weighted by atomic mass is 10.2. The number of rotatable bonds is 5. The molecule has 0 heterocycles. The molecule has 0 aliphatic rings. The fraction of sp³-hybridized carbons (Fsp3) is 0.429. The van der Waals surface area contributed by atoms with Gasteiger partial charge in [0.1, 0.15) is 11.8 Å². The summed E-state index contributed by atoms with van der Waals surface area (Å²) in [6.07, 6.45) is -5.87. The van der Waals surface area contributed by atoms with E-state index in [9.17, 15) is 22.8 Å². The maximum atomic E-state index is 12.8. The third-order valence-corrected chi connectivity index (χ3v) is 3.13. The molecule has 1 amide bonds. The van der Waals surface area contributed by atoms with E-state index in [0.717, 1.165) is 17.0 Å². The molecule has 0 bridgehead atoms. The second-order valence-electron chi connectivity index (χ2n) is 4.72. The van der Waals surface area contributed by atoms with Gasteiger partial charge in [0, 0.05) is 7.05 Å². The number of hydrogen-bond acceptors (Lipinski definition) is 3. The normalized spacial score (nSPS) is 14.1. The van der Waals surface area contributed by atoms with E-state index in [0.29, 0.717) is 0 Å². The highest BCUT2D eigenvalue weighted by atomic mass is 19.4. The van der Waals surface area contributed by atoms with Gasteiger partial charge in [-0.25, -0.2) is 4.79 Å². The molecule has 1 rings (SSSR count). The van der Waals surface area contributed by atoms with Gasteiger partial charge in [-0.3, -0.25) is 4.79 Å². The van der Waals surface area contributed by atoms with E-state index in [-0.39, 0.29) is 0 Å². The number of hydrogen-bond donors (Lipinski definition) is 1. The maximum Gasteiger partial charge on any atom is 0.419 e. The Morgan fingerprint density at radius 3 is 2.27 bits per heavy atom. The molecule has 2 atom stereocenters. The lowest BCUT2D eigenvalue weighted by molar-refractivity contribution is -0.151. The van der Waals surface area contributed by atoms with Crippen LogP contribution in [-0.4, -0.2) is 41.1 Å². The van der Waals surface area contributed by atoms with Crippen LogP contribution in [0.5, 0.6) is 5.75 Å². The Labute approximate surface area is 125 Å². The van der Waals surface area contributed by atoms with Crippen molar-refractivity contribution in [1.82, 2.24) is 4.90 Å². The number of alkyl halides is 3. The monoisotopic (exact) mass is 319 g/mol. The zero-order chi connectivity index (χ0) is 17.1. The number of amides is 1. The number of carbonyl (C=O) groups is 2. The molecule has 22 heavy (non-hydrogen) atoms. The van der Waals surface area contributed by atoms with Crippen molar-refractivity contribution >= 4 is 11.9 Å². The maximum absolute atomic E-state index is 12.8. The van der Waals surface area contributed by atoms with E-state index < -0.39 is 41.5 Å². The number of halogens is 3. The number of carbonyl (C=O) groups excluding carboxylic acids is 1. The van der Waals surface area contributed by atoms with E-state index in [2.05, 4.69) is 0 Å². The van der Waals surface area contributed by atoms with Crippen LogP contribution < -0.4 is 4.74 Å². The highest BCUT2D eigenvalue weighted by Crippen LogP contribution is 2.36. The largest absolute Gasteiger partial charge is 0.480 e. The fourth-order valence-corrected chi connectivity index (χ4v) is 1.69. The summed E-state index contributed by atoms with van der Waals surface area (Å²) in [5.74, 6) is -2.43. The van der Waals surface area contributed by atoms with Gasteiger partial charge in [0.2, 0.25) is 0 Å². The Bertz CT molecular complexity index is 559. The van der Waals surface area contributed by atoms with Crippen molar-refractivity contribution in [3.63, 3.8) is 0 Å². The number of benzene rings is 1. The van der Waals surface area contributed by atoms with Gasteiger partial charge in [0.05, 0.1) is 5.56 Å². The standard InChI is InChI=1S/C14H16F3NO4/c1-8(13(20)21)18(3)12(19)9(2)22-11-7-5-4-6-10(11)14(15,16)17/h4-9H,1-3H3,(H,20,21). The Hall–Kier alpha value is -2.25. The molecule has 122 valence electrons. The first-order valence-corrected chi connectivity index (χ1v) is 6.38. The smallest absolute Gasteiger partial charge is 0.419 e. The van der Waals surface area contributed by atoms with E-state index in [1.165, 1.54) is 33.0 Å². The predicted molar refractivity (Wildman–Crippen MR) is 71.4 cm³/mol. The number of ether oxygens (including phenoxy) is 1. The third-order valence-electron chi connectivity index (χ3n) is 3.13. The summed E-state index contributed by atoms with van der Waals surface area (Å²) in [6, 6.07) is 3.39. The summed E-state index contributed by atoms with van der Waals surface area (Å²) in [4.78, 5) is 23.7. The molecular formula is C14H16F3NO4. The molecule has 2 unspecified atom stereocenters. The highest BCUT2D eigenvalue weighted by Gasteiger charge is 2.35. The number of nitrogens with zero attached hydrogens (tertiary/aromatic N) is 1. The van der Waals surface area contributed by atoms with Crippen LogP contribution in [0.4, 0.5) is 13.2 Å². The fourth-order valence-electron chi connectivity index (χ4n) is 1.69. The second kappa shape index (κ2) is 6.67. The highest BCUT2D eigenvalue weighted by molar-refractivity contribution is 5.86. The lowest BCUT2D eigenvalue weighted by Crippen LogP contribution is -2.46. The summed E-state index contributed by atoms with van der Waals surface area (Å²) < 4.78 is 43.6. The quantitative estimate of drug-likeness (QED) is 0.905. The third kappa shape index (κ3) is 4.12. The number of para-hydroxylation sites is 1. The minimum Gasteiger partial charge on any atom is -0.480 e. The van der Waals surface area contributed by atoms with Crippen molar-refractivity contribution in [1.29, 1.82) is 0 Å². The molecule has 5 nitrogen and oxygen atoms in total. The average Bonchev–Trinajstić information content (AvgIpc) is 2.44. The van der Waals surface area contributed by atoms with Gasteiger partial charge in [-0.1, -0.05) is 12.1 Å². The van der Waals surface area contributed by atoms with Crippen molar-refractivity contribution in [2.75, 3.05) is 7.05 Å². The van der Waals surface area contributed by atoms with Crippen molar-refractivity contribution in [3.8, 4) is 5.75 Å². The summed E-state index contributed by atoms with van der Waals surface area (Å²) in [5, 5.41) is 8.84. The van der Waals surface area contributed by atoms with Crippen LogP contribution in [-0.2, 0) is 15.8 Å². The van der Waals surface area contributed by atoms with Gasteiger partial charge < -0.3 is 14.7 Å². The molecule has 0 spiro atoms. The van der Waals surface area contributed by atoms with E-state index >= 15 is 0 Å². The lowest BCUT2D eigenvalue weighted by Gasteiger charge is -2.26. The van der Waals surface area contributed by atoms with Crippen molar-refractivity contribution in [3.05, 3.63) is 29.8 Å². The Balaban J connectivity index is 2.92. The number of aliphatic carboxylic acids is 1. The van der Waals surface area contributed by atoms with Crippen LogP contribution in [0.3, 0.4) is 0 Å². The molecule has 1 N–H and O–H groups in total. The Kier molecular flexibility index (Phi) is 5.40. The number of likely N-dealkylation sites (N-methyl/N-ethyl adjacent to an activating group) is 1. The summed E-state index contributed by atoms with van der Waals surface area (Å²) in [5.41, 5.74) is -0.997. The molecular weight excluding hydrogens is 303 g/mol. The number of carboxylic acid groups (broad SMARTS) is 1. The molecule has 0 aromatic heterocycles. The van der Waals surface area contributed by atoms with Crippen LogP contribution in [0.15, 0.2) is 24.3 Å². The summed E-state index contributed by atoms with van der Waals surface area (Å²) in [7, 11) is 1.25. The average molecular weight is 319 g/mol. The molecule has 1 aromatic carbocycles. The van der Waals surface area contributed by atoms with E-state index in [4.69, 9.17) is 9.84 Å². The van der Waals surface area contributed by atoms with Crippen LogP contribution in [0, 0.1) is 0 Å². The second-order valence-corrected chi connectivity index (χ2v) is 4.72. The minimum absolute atomic E-state index is 0.479. The molecule has 0 saturated heterocycles. The molecule has 0 aliphatic carbocycles. The first-order valence-electron chi connectivity index (χ1n) is 6.38. The number of carboxylic acids is 1. The van der Waals surface area contributed by atoms with Gasteiger partial charge >= 0.3 is 12.1 Å². The Morgan fingerprint density at radius 2 is 1.77 bits per heavy atom. The van der Waals surface area contributed by atoms with Crippen LogP contribution >= 0.6 is 0 Å². The van der Waals surface area contributed by atoms with Crippen molar-refractivity contribution in [2.24, 2.45) is 0 Å². The minimum atomic E-state index is -4.61. The molecule has 1 aromatic rings. The van der Waals surface area contributed by atoms with E-state index in [1.807, 2.05) is 0 Å². The summed E-state index contributed by atoms with van der Waals surface area (Å²) in [6.45, 7) is 2.55. The zero-order valence-electron chi connectivity index (χ0n) is 12.2. The van der Waals surface area contributed by atoms with Crippen LogP contribution in [0.1, 0.15) is 19.4 Å². The predicted octanol–water partition coefficient (Wildman–Crippen LogP) is 2.40. The molecule has 0 radical (unpaired) electrons. The SMILES string of the molecule is CC(Oc1ccccc1C(F)(F)F)C(=O)N(C)C(C)C(=O)O. The Morgan fingerprint density at radius 1 is 1.23 bits per heavy atom. The molecule has 0 saturated carbocycles. The van der Waals surface area contributed by atoms with E-state index in [1.54, 1.807) is 0 Å². The van der Waals surface area contributed by atoms with Crippen LogP contribution in [0.2, 0.25) is 0 Å². The first-order chi connectivity index (χ1) is 10.1. The molecule has 8 heteroatoms. The van der Waals surface area contributed by atoms with Gasteiger partial charge in [-0.2, -0.15) is 13.2 Å². The first kappa shape index (κ1) is 17.8. The van der Waals surface area contributed by atoms with Crippen molar-refractivity contribution < 1.29 is 32.6 Å². The van der Waals surface area contributed by atoms with Gasteiger partial charge in [-0.15, -0.1) is 0 Å². The zero-order valence-corrected chi connectivity index (χ0v) is 12.2. The van der Waals surface area contributed by atoms with Gasteiger partial charge in [0.15, 0.2) is 6.10 Å². The molecule has 0 fully saturated rings. The summed E-state index contributed by atoms with van der Waals surface area (Å²) >= 11 is 0. The van der Waals surface area contributed by atoms with Crippen LogP contribution in [0.25, 0.3) is 0 Å². The topological polar surface area (TPSA) is 66.8 Å². The molecule has 0 aliphatic heterocycles. The van der Waals surface area contributed by atoms with Gasteiger partial charge in [0.25, 0.3) is 5.91 Å². The van der Waals surface area contributed by atoms with Gasteiger partial charge in [-0.05, 0) is 26.0 Å². The van der Waals surface area contributed by atoms with Crippen molar-refractivity contribution in [2.45, 2.75) is 32.2 Å².